The molecule has 6 heteroatoms. The number of hydrogen-bond acceptors (Lipinski definition) is 4. The minimum atomic E-state index is 0.525. The first kappa shape index (κ1) is 35.2. The van der Waals surface area contributed by atoms with Crippen molar-refractivity contribution in [2.75, 3.05) is 0 Å². The first-order valence-electron chi connectivity index (χ1n) is 21.2. The molecule has 9 aromatic carbocycles. The Kier molecular flexibility index (Phi) is 7.80. The molecule has 13 aromatic rings. The van der Waals surface area contributed by atoms with Crippen LogP contribution < -0.4 is 0 Å². The minimum absolute atomic E-state index is 0.525. The molecule has 0 atom stereocenters. The molecule has 0 unspecified atom stereocenters. The fraction of sp³-hybridized carbons (Fsp3) is 0. The zero-order chi connectivity index (χ0) is 41.4. The predicted octanol–water partition coefficient (Wildman–Crippen LogP) is 14.6. The van der Waals surface area contributed by atoms with E-state index in [0.29, 0.717) is 17.6 Å². The van der Waals surface area contributed by atoms with Crippen LogP contribution in [0.15, 0.2) is 217 Å². The first-order chi connectivity index (χ1) is 31.3. The van der Waals surface area contributed by atoms with Gasteiger partial charge in [0, 0.05) is 43.4 Å². The largest absolute Gasteiger partial charge is 0.455 e. The third-order valence-electron chi connectivity index (χ3n) is 12.4. The zero-order valence-electron chi connectivity index (χ0n) is 33.9. The van der Waals surface area contributed by atoms with Crippen LogP contribution in [0.2, 0.25) is 0 Å². The summed E-state index contributed by atoms with van der Waals surface area (Å²) in [6.45, 7) is 0. The van der Waals surface area contributed by atoms with Crippen molar-refractivity contribution in [3.05, 3.63) is 212 Å². The van der Waals surface area contributed by atoms with Crippen LogP contribution in [0.5, 0.6) is 0 Å². The average molecular weight is 806 g/mol. The summed E-state index contributed by atoms with van der Waals surface area (Å²) in [5, 5.41) is 6.65. The molecule has 63 heavy (non-hydrogen) atoms. The first-order valence-corrected chi connectivity index (χ1v) is 21.2. The second kappa shape index (κ2) is 14.0. The van der Waals surface area contributed by atoms with E-state index in [1.165, 1.54) is 21.9 Å². The lowest BCUT2D eigenvalue weighted by molar-refractivity contribution is 0.669. The van der Waals surface area contributed by atoms with E-state index in [4.69, 9.17) is 19.4 Å². The number of rotatable bonds is 6. The van der Waals surface area contributed by atoms with Crippen molar-refractivity contribution in [3.8, 4) is 56.7 Å². The Hall–Kier alpha value is -8.61. The second-order valence-corrected chi connectivity index (χ2v) is 16.0. The van der Waals surface area contributed by atoms with E-state index in [1.807, 2.05) is 54.6 Å². The highest BCUT2D eigenvalue weighted by molar-refractivity contribution is 6.26. The number of aromatic nitrogens is 5. The molecule has 0 aliphatic rings. The molecule has 6 nitrogen and oxygen atoms in total. The second-order valence-electron chi connectivity index (χ2n) is 16.0. The normalized spacial score (nSPS) is 11.8. The van der Waals surface area contributed by atoms with Gasteiger partial charge in [0.05, 0.1) is 33.3 Å². The molecule has 0 fully saturated rings. The van der Waals surface area contributed by atoms with E-state index in [9.17, 15) is 0 Å². The summed E-state index contributed by atoms with van der Waals surface area (Å²) in [4.78, 5) is 15.8. The number of fused-ring (bicyclic) bond motifs is 10. The van der Waals surface area contributed by atoms with Gasteiger partial charge in [0.25, 0.3) is 0 Å². The van der Waals surface area contributed by atoms with Gasteiger partial charge in [0.15, 0.2) is 11.6 Å². The molecule has 0 amide bonds. The van der Waals surface area contributed by atoms with Crippen molar-refractivity contribution in [3.63, 3.8) is 0 Å². The van der Waals surface area contributed by atoms with Gasteiger partial charge in [-0.2, -0.15) is 9.97 Å². The zero-order valence-corrected chi connectivity index (χ0v) is 33.9. The summed E-state index contributed by atoms with van der Waals surface area (Å²) in [7, 11) is 0. The summed E-state index contributed by atoms with van der Waals surface area (Å²) in [5.74, 6) is 1.64. The fourth-order valence-electron chi connectivity index (χ4n) is 9.59. The average Bonchev–Trinajstić information content (AvgIpc) is 4.02. The summed E-state index contributed by atoms with van der Waals surface area (Å²) in [6.07, 6.45) is 0. The quantitative estimate of drug-likeness (QED) is 0.168. The Balaban J connectivity index is 1.13. The molecular formula is C57H35N5O. The minimum Gasteiger partial charge on any atom is -0.455 e. The maximum absolute atomic E-state index is 6.55. The van der Waals surface area contributed by atoms with Gasteiger partial charge in [0.1, 0.15) is 11.2 Å². The van der Waals surface area contributed by atoms with Gasteiger partial charge >= 0.3 is 0 Å². The molecule has 4 aromatic heterocycles. The van der Waals surface area contributed by atoms with Crippen molar-refractivity contribution < 1.29 is 4.42 Å². The molecule has 0 bridgehead atoms. The smallest absolute Gasteiger partial charge is 0.238 e. The van der Waals surface area contributed by atoms with E-state index in [-0.39, 0.29) is 0 Å². The Morgan fingerprint density at radius 2 is 0.968 bits per heavy atom. The lowest BCUT2D eigenvalue weighted by atomic mass is 9.97. The third-order valence-corrected chi connectivity index (χ3v) is 12.4. The van der Waals surface area contributed by atoms with Crippen LogP contribution in [0, 0.1) is 0 Å². The Bertz CT molecular complexity index is 3900. The Morgan fingerprint density at radius 3 is 1.75 bits per heavy atom. The highest BCUT2D eigenvalue weighted by atomic mass is 16.3. The third kappa shape index (κ3) is 5.48. The number of hydrogen-bond donors (Lipinski definition) is 0. The number of benzene rings is 9. The topological polar surface area (TPSA) is 61.7 Å². The summed E-state index contributed by atoms with van der Waals surface area (Å²) >= 11 is 0. The highest BCUT2D eigenvalue weighted by Gasteiger charge is 2.25. The van der Waals surface area contributed by atoms with Crippen molar-refractivity contribution in [2.45, 2.75) is 0 Å². The van der Waals surface area contributed by atoms with Crippen LogP contribution >= 0.6 is 0 Å². The molecule has 13 rings (SSSR count). The molecule has 0 spiro atoms. The Morgan fingerprint density at radius 1 is 0.349 bits per heavy atom. The van der Waals surface area contributed by atoms with E-state index in [1.54, 1.807) is 0 Å². The van der Waals surface area contributed by atoms with Gasteiger partial charge in [-0.25, -0.2) is 4.98 Å². The van der Waals surface area contributed by atoms with Crippen molar-refractivity contribution in [1.29, 1.82) is 0 Å². The molecule has 0 N–H and O–H groups in total. The van der Waals surface area contributed by atoms with Gasteiger partial charge in [-0.3, -0.25) is 4.57 Å². The van der Waals surface area contributed by atoms with Gasteiger partial charge in [-0.05, 0) is 59.2 Å². The van der Waals surface area contributed by atoms with Crippen LogP contribution in [0.25, 0.3) is 122 Å². The summed E-state index contributed by atoms with van der Waals surface area (Å²) in [6, 6.07) is 74.6. The molecule has 0 saturated heterocycles. The van der Waals surface area contributed by atoms with Gasteiger partial charge < -0.3 is 8.98 Å². The summed E-state index contributed by atoms with van der Waals surface area (Å²) in [5.41, 5.74) is 13.3. The molecular weight excluding hydrogens is 771 g/mol. The van der Waals surface area contributed by atoms with E-state index in [0.717, 1.165) is 82.7 Å². The van der Waals surface area contributed by atoms with Crippen LogP contribution in [-0.4, -0.2) is 24.1 Å². The Labute approximate surface area is 361 Å². The number of para-hydroxylation sites is 4. The summed E-state index contributed by atoms with van der Waals surface area (Å²) < 4.78 is 11.2. The van der Waals surface area contributed by atoms with Crippen LogP contribution in [0.3, 0.4) is 0 Å². The fourth-order valence-corrected chi connectivity index (χ4v) is 9.59. The van der Waals surface area contributed by atoms with Crippen molar-refractivity contribution in [1.82, 2.24) is 24.1 Å². The van der Waals surface area contributed by atoms with Crippen LogP contribution in [0.1, 0.15) is 0 Å². The molecule has 294 valence electrons. The van der Waals surface area contributed by atoms with Gasteiger partial charge in [-0.1, -0.05) is 170 Å². The van der Waals surface area contributed by atoms with Crippen LogP contribution in [-0.2, 0) is 0 Å². The molecule has 0 radical (unpaired) electrons. The highest BCUT2D eigenvalue weighted by Crippen LogP contribution is 2.44. The van der Waals surface area contributed by atoms with Crippen LogP contribution in [0.4, 0.5) is 0 Å². The van der Waals surface area contributed by atoms with E-state index < -0.39 is 0 Å². The molecule has 0 saturated carbocycles. The van der Waals surface area contributed by atoms with Crippen molar-refractivity contribution in [2.24, 2.45) is 0 Å². The predicted molar refractivity (Wildman–Crippen MR) is 258 cm³/mol. The lowest BCUT2D eigenvalue weighted by Gasteiger charge is -2.17. The molecule has 0 aliphatic carbocycles. The maximum atomic E-state index is 6.55. The maximum Gasteiger partial charge on any atom is 0.238 e. The molecule has 4 heterocycles. The number of furan rings is 1. The van der Waals surface area contributed by atoms with Gasteiger partial charge in [0.2, 0.25) is 5.95 Å². The van der Waals surface area contributed by atoms with E-state index in [2.05, 4.69) is 167 Å². The van der Waals surface area contributed by atoms with Crippen molar-refractivity contribution >= 4 is 65.6 Å². The SMILES string of the molecule is c1ccc(-c2ccc(-n3c4ccccc4c4ccc5c(c6ccccc6n5-c5nc(-c6ccccc6)nc(-c6cccc7c6oc6ccccc67)n5)c43)c(-c3ccccc3)c2)cc1. The van der Waals surface area contributed by atoms with E-state index >= 15 is 0 Å². The standard InChI is InChI=1S/C57H35N5O/c1-4-17-36(18-5-1)39-31-33-49(46(35-39)37-19-6-2-7-20-37)61-47-28-13-10-23-40(47)42-32-34-50-52(53(42)61)44-25-11-14-29-48(44)62(50)57-59-55(38-21-8-3-9-22-38)58-56(60-57)45-27-16-26-43-41-24-12-15-30-51(41)63-54(43)45/h1-35H. The monoisotopic (exact) mass is 805 g/mol. The lowest BCUT2D eigenvalue weighted by Crippen LogP contribution is -2.06. The molecule has 0 aliphatic heterocycles. The van der Waals surface area contributed by atoms with Gasteiger partial charge in [-0.15, -0.1) is 0 Å². The number of nitrogens with zero attached hydrogens (tertiary/aromatic N) is 5.